The van der Waals surface area contributed by atoms with E-state index >= 15 is 0 Å². The van der Waals surface area contributed by atoms with E-state index in [9.17, 15) is 4.39 Å². The molecule has 0 aromatic heterocycles. The van der Waals surface area contributed by atoms with Crippen molar-refractivity contribution in [3.05, 3.63) is 59.4 Å². The summed E-state index contributed by atoms with van der Waals surface area (Å²) in [5.41, 5.74) is 9.36. The van der Waals surface area contributed by atoms with Crippen LogP contribution in [-0.4, -0.2) is 0 Å². The van der Waals surface area contributed by atoms with E-state index in [1.54, 1.807) is 6.07 Å². The number of hydrogen-bond donors (Lipinski definition) is 1. The molecule has 0 unspecified atom stereocenters. The molecule has 0 aliphatic rings. The summed E-state index contributed by atoms with van der Waals surface area (Å²) in [7, 11) is 0. The Morgan fingerprint density at radius 1 is 1.00 bits per heavy atom. The van der Waals surface area contributed by atoms with Crippen molar-refractivity contribution in [1.29, 1.82) is 0 Å². The van der Waals surface area contributed by atoms with Gasteiger partial charge >= 0.3 is 0 Å². The number of halogens is 1. The van der Waals surface area contributed by atoms with E-state index in [1.165, 1.54) is 11.6 Å². The summed E-state index contributed by atoms with van der Waals surface area (Å²) in [6.07, 6.45) is 2.18. The lowest BCUT2D eigenvalue weighted by Gasteiger charge is -2.07. The van der Waals surface area contributed by atoms with Crippen molar-refractivity contribution in [3.63, 3.8) is 0 Å². The predicted molar refractivity (Wildman–Crippen MR) is 73.7 cm³/mol. The lowest BCUT2D eigenvalue weighted by molar-refractivity contribution is 0.630. The fraction of sp³-hybridized carbons (Fsp3) is 0.250. The van der Waals surface area contributed by atoms with Crippen LogP contribution >= 0.6 is 0 Å². The zero-order valence-corrected chi connectivity index (χ0v) is 10.6. The molecule has 0 heterocycles. The Labute approximate surface area is 107 Å². The van der Waals surface area contributed by atoms with Gasteiger partial charge in [0.25, 0.3) is 0 Å². The van der Waals surface area contributed by atoms with Crippen molar-refractivity contribution >= 4 is 0 Å². The lowest BCUT2D eigenvalue weighted by atomic mass is 10.00. The van der Waals surface area contributed by atoms with Gasteiger partial charge in [0, 0.05) is 12.1 Å². The molecule has 0 aliphatic heterocycles. The molecule has 0 saturated heterocycles. The van der Waals surface area contributed by atoms with Gasteiger partial charge in [0.1, 0.15) is 5.82 Å². The molecular weight excluding hydrogens is 225 g/mol. The van der Waals surface area contributed by atoms with Crippen LogP contribution < -0.4 is 5.73 Å². The fourth-order valence-electron chi connectivity index (χ4n) is 2.06. The summed E-state index contributed by atoms with van der Waals surface area (Å²) in [6.45, 7) is 2.58. The van der Waals surface area contributed by atoms with Crippen LogP contribution in [0.1, 0.15) is 24.5 Å². The molecule has 2 N–H and O–H groups in total. The average Bonchev–Trinajstić information content (AvgIpc) is 2.41. The minimum absolute atomic E-state index is 0.199. The highest BCUT2D eigenvalue weighted by Crippen LogP contribution is 2.24. The van der Waals surface area contributed by atoms with E-state index in [0.717, 1.165) is 24.0 Å². The molecule has 0 spiro atoms. The average molecular weight is 243 g/mol. The number of rotatable bonds is 4. The Balaban J connectivity index is 2.35. The second-order valence-corrected chi connectivity index (χ2v) is 4.47. The van der Waals surface area contributed by atoms with Crippen molar-refractivity contribution in [1.82, 2.24) is 0 Å². The van der Waals surface area contributed by atoms with E-state index < -0.39 is 0 Å². The molecule has 94 valence electrons. The molecule has 0 radical (unpaired) electrons. The van der Waals surface area contributed by atoms with Crippen LogP contribution in [0.25, 0.3) is 11.1 Å². The van der Waals surface area contributed by atoms with Crippen LogP contribution in [0.4, 0.5) is 4.39 Å². The summed E-state index contributed by atoms with van der Waals surface area (Å²) < 4.78 is 13.8. The topological polar surface area (TPSA) is 26.0 Å². The van der Waals surface area contributed by atoms with E-state index in [0.29, 0.717) is 12.1 Å². The van der Waals surface area contributed by atoms with Gasteiger partial charge in [0.05, 0.1) is 0 Å². The van der Waals surface area contributed by atoms with Gasteiger partial charge < -0.3 is 5.73 Å². The van der Waals surface area contributed by atoms with Crippen molar-refractivity contribution in [2.24, 2.45) is 5.73 Å². The molecule has 2 heteroatoms. The normalized spacial score (nSPS) is 10.6. The maximum absolute atomic E-state index is 13.8. The van der Waals surface area contributed by atoms with Crippen LogP contribution in [0, 0.1) is 5.82 Å². The third-order valence-electron chi connectivity index (χ3n) is 3.07. The first-order valence-corrected chi connectivity index (χ1v) is 6.32. The first-order valence-electron chi connectivity index (χ1n) is 6.32. The Morgan fingerprint density at radius 3 is 2.28 bits per heavy atom. The molecule has 0 atom stereocenters. The standard InChI is InChI=1S/C16H18FN/c1-2-3-12-4-7-14(8-5-12)15-10-13(11-18)6-9-16(15)17/h4-10H,2-3,11,18H2,1H3. The lowest BCUT2D eigenvalue weighted by Crippen LogP contribution is -1.97. The van der Waals surface area contributed by atoms with Crippen LogP contribution in [0.15, 0.2) is 42.5 Å². The molecule has 0 aliphatic carbocycles. The molecule has 1 nitrogen and oxygen atoms in total. The summed E-state index contributed by atoms with van der Waals surface area (Å²) in [5.74, 6) is -0.199. The highest BCUT2D eigenvalue weighted by molar-refractivity contribution is 5.65. The van der Waals surface area contributed by atoms with Gasteiger partial charge in [-0.05, 0) is 35.2 Å². The Morgan fingerprint density at radius 2 is 1.67 bits per heavy atom. The summed E-state index contributed by atoms with van der Waals surface area (Å²) in [4.78, 5) is 0. The fourth-order valence-corrected chi connectivity index (χ4v) is 2.06. The van der Waals surface area contributed by atoms with E-state index in [2.05, 4.69) is 19.1 Å². The van der Waals surface area contributed by atoms with Crippen LogP contribution in [0.5, 0.6) is 0 Å². The van der Waals surface area contributed by atoms with Gasteiger partial charge in [-0.2, -0.15) is 0 Å². The number of hydrogen-bond acceptors (Lipinski definition) is 1. The quantitative estimate of drug-likeness (QED) is 0.865. The van der Waals surface area contributed by atoms with Gasteiger partial charge in [-0.3, -0.25) is 0 Å². The molecule has 0 saturated carbocycles. The molecule has 2 aromatic rings. The van der Waals surface area contributed by atoms with Gasteiger partial charge in [0.2, 0.25) is 0 Å². The Bertz CT molecular complexity index is 517. The molecule has 2 rings (SSSR count). The smallest absolute Gasteiger partial charge is 0.131 e. The largest absolute Gasteiger partial charge is 0.326 e. The highest BCUT2D eigenvalue weighted by Gasteiger charge is 2.05. The van der Waals surface area contributed by atoms with Crippen molar-refractivity contribution in [3.8, 4) is 11.1 Å². The number of benzene rings is 2. The first-order chi connectivity index (χ1) is 8.74. The molecule has 2 aromatic carbocycles. The van der Waals surface area contributed by atoms with E-state index in [4.69, 9.17) is 5.73 Å². The van der Waals surface area contributed by atoms with Crippen molar-refractivity contribution < 1.29 is 4.39 Å². The molecule has 0 bridgehead atoms. The zero-order chi connectivity index (χ0) is 13.0. The van der Waals surface area contributed by atoms with Crippen LogP contribution in [-0.2, 0) is 13.0 Å². The van der Waals surface area contributed by atoms with Crippen LogP contribution in [0.2, 0.25) is 0 Å². The summed E-state index contributed by atoms with van der Waals surface area (Å²) in [6, 6.07) is 13.1. The third-order valence-corrected chi connectivity index (χ3v) is 3.07. The van der Waals surface area contributed by atoms with E-state index in [1.807, 2.05) is 18.2 Å². The predicted octanol–water partition coefficient (Wildman–Crippen LogP) is 3.90. The SMILES string of the molecule is CCCc1ccc(-c2cc(CN)ccc2F)cc1. The van der Waals surface area contributed by atoms with Crippen LogP contribution in [0.3, 0.4) is 0 Å². The molecule has 0 amide bonds. The van der Waals surface area contributed by atoms with Gasteiger partial charge in [-0.15, -0.1) is 0 Å². The Kier molecular flexibility index (Phi) is 4.11. The second kappa shape index (κ2) is 5.78. The number of nitrogens with two attached hydrogens (primary N) is 1. The molecule has 0 fully saturated rings. The third kappa shape index (κ3) is 2.77. The van der Waals surface area contributed by atoms with Crippen molar-refractivity contribution in [2.75, 3.05) is 0 Å². The zero-order valence-electron chi connectivity index (χ0n) is 10.6. The second-order valence-electron chi connectivity index (χ2n) is 4.47. The maximum atomic E-state index is 13.8. The minimum Gasteiger partial charge on any atom is -0.326 e. The maximum Gasteiger partial charge on any atom is 0.131 e. The first kappa shape index (κ1) is 12.8. The highest BCUT2D eigenvalue weighted by atomic mass is 19.1. The number of aryl methyl sites for hydroxylation is 1. The van der Waals surface area contributed by atoms with Gasteiger partial charge in [-0.25, -0.2) is 4.39 Å². The van der Waals surface area contributed by atoms with E-state index in [-0.39, 0.29) is 5.82 Å². The minimum atomic E-state index is -0.199. The van der Waals surface area contributed by atoms with Gasteiger partial charge in [-0.1, -0.05) is 43.7 Å². The summed E-state index contributed by atoms with van der Waals surface area (Å²) in [5, 5.41) is 0. The van der Waals surface area contributed by atoms with Gasteiger partial charge in [0.15, 0.2) is 0 Å². The molecule has 18 heavy (non-hydrogen) atoms. The monoisotopic (exact) mass is 243 g/mol. The Hall–Kier alpha value is -1.67. The summed E-state index contributed by atoms with van der Waals surface area (Å²) >= 11 is 0. The van der Waals surface area contributed by atoms with Crippen molar-refractivity contribution in [2.45, 2.75) is 26.3 Å². The molecular formula is C16H18FN.